The van der Waals surface area contributed by atoms with Gasteiger partial charge >= 0.3 is 0 Å². The van der Waals surface area contributed by atoms with E-state index in [1.165, 1.54) is 0 Å². The molecule has 1 nitrogen and oxygen atoms in total. The Morgan fingerprint density at radius 1 is 1.29 bits per heavy atom. The summed E-state index contributed by atoms with van der Waals surface area (Å²) in [5, 5.41) is 9.66. The Labute approximate surface area is 87.1 Å². The Bertz CT molecular complexity index is 300. The molecule has 1 rings (SSSR count). The highest BCUT2D eigenvalue weighted by atomic mass is 16.3. The minimum Gasteiger partial charge on any atom is -0.507 e. The van der Waals surface area contributed by atoms with Gasteiger partial charge < -0.3 is 5.11 Å². The van der Waals surface area contributed by atoms with Gasteiger partial charge in [0.05, 0.1) is 0 Å². The van der Waals surface area contributed by atoms with E-state index < -0.39 is 0 Å². The molecule has 1 aromatic carbocycles. The van der Waals surface area contributed by atoms with Gasteiger partial charge in [-0.3, -0.25) is 0 Å². The summed E-state index contributed by atoms with van der Waals surface area (Å²) in [5.74, 6) is 0.412. The second-order valence-electron chi connectivity index (χ2n) is 3.01. The molecule has 14 heavy (non-hydrogen) atoms. The maximum atomic E-state index is 9.66. The average Bonchev–Trinajstić information content (AvgIpc) is 2.22. The van der Waals surface area contributed by atoms with Gasteiger partial charge in [-0.1, -0.05) is 32.1 Å². The summed E-state index contributed by atoms with van der Waals surface area (Å²) in [7, 11) is 0. The molecular weight excluding hydrogens is 172 g/mol. The Morgan fingerprint density at radius 3 is 2.36 bits per heavy atom. The topological polar surface area (TPSA) is 20.2 Å². The highest BCUT2D eigenvalue weighted by molar-refractivity contribution is 5.44. The van der Waals surface area contributed by atoms with E-state index in [4.69, 9.17) is 0 Å². The molecular formula is C13H20O. The standard InChI is InChI=1S/C11H14O.C2H6/c1-4-5-10-7-6-8(2)9(3)11(10)12;1-2/h4,6-7,12H,1,5H2,2-3H3;1-2H3. The van der Waals surface area contributed by atoms with Gasteiger partial charge in [0.2, 0.25) is 0 Å². The van der Waals surface area contributed by atoms with Crippen LogP contribution in [0.15, 0.2) is 24.8 Å². The third kappa shape index (κ3) is 2.91. The molecule has 0 fully saturated rings. The second kappa shape index (κ2) is 6.25. The predicted molar refractivity (Wildman–Crippen MR) is 62.8 cm³/mol. The monoisotopic (exact) mass is 192 g/mol. The molecule has 0 aliphatic heterocycles. The molecule has 0 aliphatic carbocycles. The molecule has 0 atom stereocenters. The molecule has 78 valence electrons. The summed E-state index contributed by atoms with van der Waals surface area (Å²) in [6, 6.07) is 3.97. The fourth-order valence-corrected chi connectivity index (χ4v) is 1.18. The Kier molecular flexibility index (Phi) is 5.70. The largest absolute Gasteiger partial charge is 0.507 e. The van der Waals surface area contributed by atoms with Crippen molar-refractivity contribution in [2.24, 2.45) is 0 Å². The number of allylic oxidation sites excluding steroid dienone is 1. The van der Waals surface area contributed by atoms with Crippen molar-refractivity contribution in [2.75, 3.05) is 0 Å². The van der Waals surface area contributed by atoms with Crippen molar-refractivity contribution in [1.82, 2.24) is 0 Å². The number of phenols is 1. The number of aromatic hydroxyl groups is 1. The van der Waals surface area contributed by atoms with E-state index in [2.05, 4.69) is 6.58 Å². The fraction of sp³-hybridized carbons (Fsp3) is 0.385. The molecule has 1 heteroatoms. The van der Waals surface area contributed by atoms with E-state index in [1.807, 2.05) is 39.8 Å². The molecule has 0 aromatic heterocycles. The molecule has 0 spiro atoms. The summed E-state index contributed by atoms with van der Waals surface area (Å²) in [5.41, 5.74) is 3.04. The highest BCUT2D eigenvalue weighted by Crippen LogP contribution is 2.25. The number of benzene rings is 1. The van der Waals surface area contributed by atoms with Crippen LogP contribution in [0.5, 0.6) is 5.75 Å². The van der Waals surface area contributed by atoms with Gasteiger partial charge in [-0.25, -0.2) is 0 Å². The van der Waals surface area contributed by atoms with Crippen LogP contribution in [0.3, 0.4) is 0 Å². The third-order valence-electron chi connectivity index (χ3n) is 2.15. The predicted octanol–water partition coefficient (Wildman–Crippen LogP) is 3.76. The summed E-state index contributed by atoms with van der Waals surface area (Å²) >= 11 is 0. The molecule has 0 aliphatic rings. The zero-order valence-corrected chi connectivity index (χ0v) is 9.59. The first-order valence-electron chi connectivity index (χ1n) is 5.05. The fourth-order valence-electron chi connectivity index (χ4n) is 1.18. The minimum atomic E-state index is 0.412. The van der Waals surface area contributed by atoms with Crippen molar-refractivity contribution in [3.8, 4) is 5.75 Å². The van der Waals surface area contributed by atoms with Gasteiger partial charge in [0.25, 0.3) is 0 Å². The summed E-state index contributed by atoms with van der Waals surface area (Å²) < 4.78 is 0. The lowest BCUT2D eigenvalue weighted by Crippen LogP contribution is -1.88. The van der Waals surface area contributed by atoms with E-state index in [-0.39, 0.29) is 0 Å². The Hall–Kier alpha value is -1.24. The van der Waals surface area contributed by atoms with Gasteiger partial charge in [-0.05, 0) is 37.0 Å². The molecule has 0 heterocycles. The van der Waals surface area contributed by atoms with Crippen molar-refractivity contribution in [3.63, 3.8) is 0 Å². The molecule has 0 bridgehead atoms. The van der Waals surface area contributed by atoms with Crippen LogP contribution in [0.1, 0.15) is 30.5 Å². The van der Waals surface area contributed by atoms with E-state index in [9.17, 15) is 5.11 Å². The van der Waals surface area contributed by atoms with Crippen LogP contribution >= 0.6 is 0 Å². The van der Waals surface area contributed by atoms with Gasteiger partial charge in [0.1, 0.15) is 5.75 Å². The van der Waals surface area contributed by atoms with E-state index >= 15 is 0 Å². The van der Waals surface area contributed by atoms with Crippen molar-refractivity contribution in [2.45, 2.75) is 34.1 Å². The smallest absolute Gasteiger partial charge is 0.122 e. The second-order valence-corrected chi connectivity index (χ2v) is 3.01. The van der Waals surface area contributed by atoms with Crippen LogP contribution in [0.4, 0.5) is 0 Å². The first-order chi connectivity index (χ1) is 6.66. The molecule has 1 N–H and O–H groups in total. The maximum absolute atomic E-state index is 9.66. The van der Waals surface area contributed by atoms with Crippen LogP contribution in [0, 0.1) is 13.8 Å². The lowest BCUT2D eigenvalue weighted by atomic mass is 10.0. The number of aryl methyl sites for hydroxylation is 1. The summed E-state index contributed by atoms with van der Waals surface area (Å²) in [6.07, 6.45) is 2.52. The van der Waals surface area contributed by atoms with Gasteiger partial charge in [0.15, 0.2) is 0 Å². The maximum Gasteiger partial charge on any atom is 0.122 e. The molecule has 0 radical (unpaired) electrons. The molecule has 0 amide bonds. The van der Waals surface area contributed by atoms with E-state index in [0.29, 0.717) is 5.75 Å². The average molecular weight is 192 g/mol. The van der Waals surface area contributed by atoms with Gasteiger partial charge in [0, 0.05) is 0 Å². The van der Waals surface area contributed by atoms with Crippen molar-refractivity contribution < 1.29 is 5.11 Å². The number of phenolic OH excluding ortho intramolecular Hbond substituents is 1. The normalized spacial score (nSPS) is 8.86. The lowest BCUT2D eigenvalue weighted by molar-refractivity contribution is 0.465. The number of hydrogen-bond acceptors (Lipinski definition) is 1. The molecule has 0 saturated heterocycles. The Morgan fingerprint density at radius 2 is 1.86 bits per heavy atom. The minimum absolute atomic E-state index is 0.412. The molecule has 1 aromatic rings. The van der Waals surface area contributed by atoms with Crippen LogP contribution in [0.2, 0.25) is 0 Å². The van der Waals surface area contributed by atoms with Crippen LogP contribution in [-0.2, 0) is 6.42 Å². The first-order valence-corrected chi connectivity index (χ1v) is 5.05. The first kappa shape index (κ1) is 12.8. The van der Waals surface area contributed by atoms with Crippen LogP contribution < -0.4 is 0 Å². The quantitative estimate of drug-likeness (QED) is 0.707. The van der Waals surface area contributed by atoms with Gasteiger partial charge in [-0.2, -0.15) is 0 Å². The van der Waals surface area contributed by atoms with Crippen molar-refractivity contribution >= 4 is 0 Å². The summed E-state index contributed by atoms with van der Waals surface area (Å²) in [4.78, 5) is 0. The van der Waals surface area contributed by atoms with Crippen LogP contribution in [-0.4, -0.2) is 5.11 Å². The number of hydrogen-bond donors (Lipinski definition) is 1. The SMILES string of the molecule is C=CCc1ccc(C)c(C)c1O.CC. The van der Waals surface area contributed by atoms with Gasteiger partial charge in [-0.15, -0.1) is 6.58 Å². The summed E-state index contributed by atoms with van der Waals surface area (Å²) in [6.45, 7) is 11.6. The third-order valence-corrected chi connectivity index (χ3v) is 2.15. The van der Waals surface area contributed by atoms with Crippen molar-refractivity contribution in [1.29, 1.82) is 0 Å². The molecule has 0 unspecified atom stereocenters. The van der Waals surface area contributed by atoms with E-state index in [0.717, 1.165) is 23.1 Å². The van der Waals surface area contributed by atoms with Crippen LogP contribution in [0.25, 0.3) is 0 Å². The van der Waals surface area contributed by atoms with Crippen molar-refractivity contribution in [3.05, 3.63) is 41.5 Å². The Balaban J connectivity index is 0.000000791. The highest BCUT2D eigenvalue weighted by Gasteiger charge is 2.03. The number of rotatable bonds is 2. The lowest BCUT2D eigenvalue weighted by Gasteiger charge is -2.07. The molecule has 0 saturated carbocycles. The zero-order chi connectivity index (χ0) is 11.1. The van der Waals surface area contributed by atoms with E-state index in [1.54, 1.807) is 6.08 Å². The zero-order valence-electron chi connectivity index (χ0n) is 9.59.